The molecule has 1 fully saturated rings. The predicted octanol–water partition coefficient (Wildman–Crippen LogP) is 14.7. The predicted molar refractivity (Wildman–Crippen MR) is 215 cm³/mol. The second-order valence-electron chi connectivity index (χ2n) is 14.8. The first-order chi connectivity index (χ1) is 23.2. The summed E-state index contributed by atoms with van der Waals surface area (Å²) >= 11 is 0. The molecule has 0 aromatic rings. The van der Waals surface area contributed by atoms with Crippen LogP contribution in [0, 0.1) is 0 Å². The number of aliphatic imine (C=N–C) groups is 1. The molecule has 0 N–H and O–H groups in total. The minimum atomic E-state index is 0.581. The van der Waals surface area contributed by atoms with Crippen LogP contribution >= 0.6 is 0 Å². The van der Waals surface area contributed by atoms with Crippen molar-refractivity contribution < 1.29 is 0 Å². The summed E-state index contributed by atoms with van der Waals surface area (Å²) in [7, 11) is 4.49. The van der Waals surface area contributed by atoms with Gasteiger partial charge in [-0.3, -0.25) is 4.99 Å². The van der Waals surface area contributed by atoms with Gasteiger partial charge in [-0.1, -0.05) is 152 Å². The lowest BCUT2D eigenvalue weighted by atomic mass is 9.92. The molecule has 1 aliphatic rings. The van der Waals surface area contributed by atoms with Gasteiger partial charge in [-0.25, -0.2) is 0 Å². The Balaban J connectivity index is 2.19. The lowest BCUT2D eigenvalue weighted by Crippen LogP contribution is -2.32. The number of allylic oxidation sites excluding steroid dienone is 8. The van der Waals surface area contributed by atoms with Crippen LogP contribution < -0.4 is 0 Å². The summed E-state index contributed by atoms with van der Waals surface area (Å²) in [6, 6.07) is 1.34. The van der Waals surface area contributed by atoms with Gasteiger partial charge in [0.05, 0.1) is 0 Å². The number of hydrogen-bond donors (Lipinski definition) is 0. The largest absolute Gasteiger partial charge is 0.306 e. The molecule has 0 bridgehead atoms. The maximum atomic E-state index is 5.42. The Kier molecular flexibility index (Phi) is 32.0. The molecule has 0 saturated heterocycles. The third-order valence-electron chi connectivity index (χ3n) is 10.1. The minimum Gasteiger partial charge on any atom is -0.306 e. The maximum Gasteiger partial charge on any atom is 0.0499 e. The van der Waals surface area contributed by atoms with E-state index in [4.69, 9.17) is 4.99 Å². The molecule has 1 rings (SSSR count). The molecule has 0 radical (unpaired) electrons. The summed E-state index contributed by atoms with van der Waals surface area (Å²) in [6.45, 7) is 4.55. The van der Waals surface area contributed by atoms with Crippen molar-refractivity contribution in [2.45, 2.75) is 219 Å². The molecule has 0 aromatic carbocycles. The van der Waals surface area contributed by atoms with Crippen LogP contribution in [-0.2, 0) is 0 Å². The molecule has 0 aromatic heterocycles. The minimum absolute atomic E-state index is 0.581. The summed E-state index contributed by atoms with van der Waals surface area (Å²) < 4.78 is 0. The van der Waals surface area contributed by atoms with Gasteiger partial charge in [0.2, 0.25) is 0 Å². The van der Waals surface area contributed by atoms with E-state index in [1.807, 2.05) is 0 Å². The van der Waals surface area contributed by atoms with Gasteiger partial charge in [0, 0.05) is 17.8 Å². The van der Waals surface area contributed by atoms with E-state index in [1.165, 1.54) is 185 Å². The Labute approximate surface area is 296 Å². The van der Waals surface area contributed by atoms with Crippen molar-refractivity contribution in [3.63, 3.8) is 0 Å². The summed E-state index contributed by atoms with van der Waals surface area (Å²) in [5.74, 6) is 0. The van der Waals surface area contributed by atoms with Crippen LogP contribution in [0.5, 0.6) is 0 Å². The maximum absolute atomic E-state index is 5.42. The molecular formula is C45H82N2. The van der Waals surface area contributed by atoms with Gasteiger partial charge in [-0.2, -0.15) is 0 Å². The lowest BCUT2D eigenvalue weighted by Gasteiger charge is -2.29. The second-order valence-corrected chi connectivity index (χ2v) is 14.8. The molecule has 47 heavy (non-hydrogen) atoms. The van der Waals surface area contributed by atoms with Crippen LogP contribution in [-0.4, -0.2) is 36.8 Å². The smallest absolute Gasteiger partial charge is 0.0499 e. The van der Waals surface area contributed by atoms with Crippen LogP contribution in [0.1, 0.15) is 206 Å². The highest BCUT2D eigenvalue weighted by Gasteiger charge is 2.20. The Morgan fingerprint density at radius 1 is 0.511 bits per heavy atom. The molecule has 0 spiro atoms. The van der Waals surface area contributed by atoms with Crippen LogP contribution in [0.25, 0.3) is 0 Å². The van der Waals surface area contributed by atoms with E-state index >= 15 is 0 Å². The van der Waals surface area contributed by atoms with Crippen molar-refractivity contribution in [2.24, 2.45) is 4.99 Å². The van der Waals surface area contributed by atoms with Crippen molar-refractivity contribution >= 4 is 5.71 Å². The Morgan fingerprint density at radius 3 is 1.26 bits per heavy atom. The molecule has 0 heterocycles. The van der Waals surface area contributed by atoms with Gasteiger partial charge < -0.3 is 4.90 Å². The third kappa shape index (κ3) is 29.2. The molecule has 0 amide bonds. The quantitative estimate of drug-likeness (QED) is 0.0522. The summed E-state index contributed by atoms with van der Waals surface area (Å²) in [5.41, 5.74) is 1.54. The fourth-order valence-electron chi connectivity index (χ4n) is 6.85. The average molecular weight is 651 g/mol. The molecule has 2 nitrogen and oxygen atoms in total. The monoisotopic (exact) mass is 651 g/mol. The first-order valence-corrected chi connectivity index (χ1v) is 21.0. The fourth-order valence-corrected chi connectivity index (χ4v) is 6.85. The fraction of sp³-hybridized carbons (Fsp3) is 0.800. The summed E-state index contributed by atoms with van der Waals surface area (Å²) in [5, 5.41) is 0. The highest BCUT2D eigenvalue weighted by atomic mass is 15.1. The molecule has 0 atom stereocenters. The van der Waals surface area contributed by atoms with Crippen LogP contribution in [0.15, 0.2) is 53.6 Å². The number of unbranched alkanes of at least 4 members (excludes halogenated alkanes) is 18. The SMILES string of the molecule is CCCCC/C=C\C/C=C\CCCCCCCCC(CCCCCCCC/C=C\C/C=C\CCCCC)N=C1CCC(N(C)C)CC1. The van der Waals surface area contributed by atoms with Crippen LogP contribution in [0.3, 0.4) is 0 Å². The van der Waals surface area contributed by atoms with Gasteiger partial charge in [0.1, 0.15) is 0 Å². The van der Waals surface area contributed by atoms with Crippen LogP contribution in [0.4, 0.5) is 0 Å². The molecule has 0 aliphatic heterocycles. The van der Waals surface area contributed by atoms with E-state index in [2.05, 4.69) is 81.5 Å². The van der Waals surface area contributed by atoms with E-state index in [9.17, 15) is 0 Å². The van der Waals surface area contributed by atoms with Gasteiger partial charge >= 0.3 is 0 Å². The molecule has 2 heteroatoms. The van der Waals surface area contributed by atoms with Crippen molar-refractivity contribution in [3.05, 3.63) is 48.6 Å². The Morgan fingerprint density at radius 2 is 0.872 bits per heavy atom. The topological polar surface area (TPSA) is 15.6 Å². The standard InChI is InChI=1S/C45H82N2/c1-5-7-9-11-13-15-17-19-21-23-25-27-29-31-33-35-37-43(46-44-39-41-45(42-40-44)47(3)4)38-36-34-32-30-28-26-24-22-20-18-16-14-12-10-8-6-2/h13-16,19-22,43,45H,5-12,17-18,23-42H2,1-4H3/b15-13-,16-14-,21-19-,22-20-,46-44?. The summed E-state index contributed by atoms with van der Waals surface area (Å²) in [6.07, 6.45) is 58.6. The van der Waals surface area contributed by atoms with Crippen molar-refractivity contribution in [2.75, 3.05) is 14.1 Å². The molecule has 1 aliphatic carbocycles. The molecule has 272 valence electrons. The van der Waals surface area contributed by atoms with Gasteiger partial charge in [0.25, 0.3) is 0 Å². The van der Waals surface area contributed by atoms with Crippen molar-refractivity contribution in [1.82, 2.24) is 4.90 Å². The first-order valence-electron chi connectivity index (χ1n) is 21.0. The Bertz CT molecular complexity index is 743. The highest BCUT2D eigenvalue weighted by Crippen LogP contribution is 2.23. The van der Waals surface area contributed by atoms with E-state index < -0.39 is 0 Å². The number of hydrogen-bond acceptors (Lipinski definition) is 2. The van der Waals surface area contributed by atoms with E-state index in [0.717, 1.165) is 18.9 Å². The molecule has 1 saturated carbocycles. The zero-order valence-corrected chi connectivity index (χ0v) is 32.4. The lowest BCUT2D eigenvalue weighted by molar-refractivity contribution is 0.260. The highest BCUT2D eigenvalue weighted by molar-refractivity contribution is 5.85. The Hall–Kier alpha value is -1.41. The second kappa shape index (κ2) is 34.5. The van der Waals surface area contributed by atoms with Gasteiger partial charge in [-0.15, -0.1) is 0 Å². The third-order valence-corrected chi connectivity index (χ3v) is 10.1. The number of nitrogens with zero attached hydrogens (tertiary/aromatic N) is 2. The normalized spacial score (nSPS) is 16.0. The van der Waals surface area contributed by atoms with Gasteiger partial charge in [0.15, 0.2) is 0 Å². The number of rotatable bonds is 32. The van der Waals surface area contributed by atoms with E-state index in [1.54, 1.807) is 0 Å². The zero-order chi connectivity index (χ0) is 33.9. The van der Waals surface area contributed by atoms with Crippen molar-refractivity contribution in [1.29, 1.82) is 0 Å². The molecule has 0 unspecified atom stereocenters. The first kappa shape index (κ1) is 43.6. The van der Waals surface area contributed by atoms with Crippen LogP contribution in [0.2, 0.25) is 0 Å². The van der Waals surface area contributed by atoms with E-state index in [0.29, 0.717) is 6.04 Å². The van der Waals surface area contributed by atoms with E-state index in [-0.39, 0.29) is 0 Å². The molecular weight excluding hydrogens is 569 g/mol. The summed E-state index contributed by atoms with van der Waals surface area (Å²) in [4.78, 5) is 7.84. The average Bonchev–Trinajstić information content (AvgIpc) is 3.08. The van der Waals surface area contributed by atoms with Gasteiger partial charge in [-0.05, 0) is 117 Å². The van der Waals surface area contributed by atoms with Crippen molar-refractivity contribution in [3.8, 4) is 0 Å². The zero-order valence-electron chi connectivity index (χ0n) is 32.4.